The summed E-state index contributed by atoms with van der Waals surface area (Å²) in [5.41, 5.74) is 1.61. The number of nitrogens with one attached hydrogen (secondary N) is 1. The van der Waals surface area contributed by atoms with E-state index < -0.39 is 23.8 Å². The third-order valence-corrected chi connectivity index (χ3v) is 7.57. The Morgan fingerprint density at radius 2 is 1.66 bits per heavy atom. The zero-order valence-electron chi connectivity index (χ0n) is 23.0. The predicted octanol–water partition coefficient (Wildman–Crippen LogP) is 3.51. The number of rotatable bonds is 12. The van der Waals surface area contributed by atoms with Crippen molar-refractivity contribution >= 4 is 23.5 Å². The molecule has 2 fully saturated rings. The lowest BCUT2D eigenvalue weighted by Crippen LogP contribution is -2.56. The Morgan fingerprint density at radius 3 is 2.27 bits per heavy atom. The summed E-state index contributed by atoms with van der Waals surface area (Å²) in [4.78, 5) is 26.6. The monoisotopic (exact) mass is 589 g/mol. The van der Waals surface area contributed by atoms with Gasteiger partial charge in [0.25, 0.3) is 0 Å². The molecule has 0 amide bonds. The Bertz CT molecular complexity index is 1180. The number of fused-ring (bicyclic) bond motifs is 1. The fraction of sp³-hybridized carbons (Fsp3) is 0.533. The second-order valence-corrected chi connectivity index (χ2v) is 11.1. The van der Waals surface area contributed by atoms with Crippen LogP contribution in [0.4, 0.5) is 0 Å². The molecule has 2 aromatic rings. The number of ether oxygens (including phenoxy) is 6. The second-order valence-electron chi connectivity index (χ2n) is 10.7. The van der Waals surface area contributed by atoms with Gasteiger partial charge in [0.2, 0.25) is 0 Å². The third kappa shape index (κ3) is 7.31. The van der Waals surface area contributed by atoms with Gasteiger partial charge in [-0.3, -0.25) is 0 Å². The van der Waals surface area contributed by atoms with Gasteiger partial charge in [-0.05, 0) is 74.4 Å². The van der Waals surface area contributed by atoms with Gasteiger partial charge in [0.05, 0.1) is 18.3 Å². The molecule has 0 aliphatic carbocycles. The molecule has 0 radical (unpaired) electrons. The molecule has 0 saturated carbocycles. The minimum atomic E-state index is -2.41. The number of carbonyl (C=O) groups is 2. The number of benzene rings is 2. The highest BCUT2D eigenvalue weighted by Gasteiger charge is 2.60. The molecule has 5 rings (SSSR count). The lowest BCUT2D eigenvalue weighted by molar-refractivity contribution is -0.205. The van der Waals surface area contributed by atoms with Crippen LogP contribution in [0.25, 0.3) is 0 Å². The molecular weight excluding hydrogens is 554 g/mol. The van der Waals surface area contributed by atoms with Crippen molar-refractivity contribution in [3.05, 3.63) is 58.6 Å². The van der Waals surface area contributed by atoms with Gasteiger partial charge in [-0.25, -0.2) is 9.59 Å². The molecule has 0 aromatic heterocycles. The van der Waals surface area contributed by atoms with Gasteiger partial charge in [-0.2, -0.15) is 0 Å². The van der Waals surface area contributed by atoms with E-state index in [9.17, 15) is 14.7 Å². The average molecular weight is 590 g/mol. The van der Waals surface area contributed by atoms with Gasteiger partial charge in [0.1, 0.15) is 13.2 Å². The van der Waals surface area contributed by atoms with Crippen molar-refractivity contribution in [2.75, 3.05) is 33.0 Å². The van der Waals surface area contributed by atoms with Crippen molar-refractivity contribution in [2.45, 2.75) is 69.2 Å². The number of aliphatic hydroxyl groups is 1. The van der Waals surface area contributed by atoms with Gasteiger partial charge in [-0.15, -0.1) is 0 Å². The Kier molecular flexibility index (Phi) is 9.67. The topological polar surface area (TPSA) is 122 Å². The molecule has 0 spiro atoms. The molecule has 2 N–H and O–H groups in total. The fourth-order valence-corrected chi connectivity index (χ4v) is 5.27. The van der Waals surface area contributed by atoms with Crippen LogP contribution in [0.2, 0.25) is 5.02 Å². The van der Waals surface area contributed by atoms with E-state index in [0.717, 1.165) is 36.8 Å². The molecule has 2 saturated heterocycles. The van der Waals surface area contributed by atoms with Crippen LogP contribution in [-0.4, -0.2) is 74.1 Å². The van der Waals surface area contributed by atoms with E-state index in [2.05, 4.69) is 5.32 Å². The molecule has 4 atom stereocenters. The normalized spacial score (nSPS) is 24.7. The van der Waals surface area contributed by atoms with E-state index >= 15 is 0 Å². The highest BCUT2D eigenvalue weighted by molar-refractivity contribution is 6.30. The van der Waals surface area contributed by atoms with Gasteiger partial charge in [0.15, 0.2) is 11.5 Å². The summed E-state index contributed by atoms with van der Waals surface area (Å²) in [7, 11) is 0. The first-order valence-corrected chi connectivity index (χ1v) is 14.5. The number of hydrogen-bond donors (Lipinski definition) is 2. The van der Waals surface area contributed by atoms with Crippen LogP contribution in [0.3, 0.4) is 0 Å². The molecule has 2 unspecified atom stereocenters. The standard InChI is InChI=1S/C30H36ClNO9/c1-19(32-16-25(33)21-5-2-6-22(31)15-21)13-20-9-10-26-27(14-20)41-30(40-26,28(34)38-17-23-7-3-11-36-23)29(35)39-18-24-8-4-12-37-24/h2,5-6,9-10,14-15,19,23-25,32-33H,3-4,7-8,11-13,16-18H2,1H3/t19-,23?,24?,25+,30?/m1/s1. The SMILES string of the molecule is C[C@H](Cc1ccc2c(c1)OC(C(=O)OCC1CCCO1)(C(=O)OCC1CCCO1)O2)NC[C@H](O)c1cccc(Cl)c1. The minimum absolute atomic E-state index is 0.0123. The summed E-state index contributed by atoms with van der Waals surface area (Å²) in [6, 6.07) is 12.3. The lowest BCUT2D eigenvalue weighted by atomic mass is 10.1. The Labute approximate surface area is 244 Å². The fourth-order valence-electron chi connectivity index (χ4n) is 5.07. The maximum atomic E-state index is 13.3. The Morgan fingerprint density at radius 1 is 1.00 bits per heavy atom. The molecule has 41 heavy (non-hydrogen) atoms. The van der Waals surface area contributed by atoms with E-state index in [-0.39, 0.29) is 43.0 Å². The van der Waals surface area contributed by atoms with Crippen LogP contribution in [0.5, 0.6) is 11.5 Å². The van der Waals surface area contributed by atoms with Gasteiger partial charge in [-0.1, -0.05) is 29.8 Å². The molecule has 2 aromatic carbocycles. The number of halogens is 1. The van der Waals surface area contributed by atoms with E-state index in [1.54, 1.807) is 30.3 Å². The Balaban J connectivity index is 1.22. The molecule has 0 bridgehead atoms. The van der Waals surface area contributed by atoms with Crippen molar-refractivity contribution in [3.63, 3.8) is 0 Å². The van der Waals surface area contributed by atoms with Crippen LogP contribution in [0.15, 0.2) is 42.5 Å². The highest BCUT2D eigenvalue weighted by Crippen LogP contribution is 2.41. The van der Waals surface area contributed by atoms with Crippen molar-refractivity contribution in [3.8, 4) is 11.5 Å². The first-order chi connectivity index (χ1) is 19.8. The van der Waals surface area contributed by atoms with Crippen LogP contribution in [0, 0.1) is 0 Å². The van der Waals surface area contributed by atoms with Gasteiger partial charge < -0.3 is 38.8 Å². The summed E-state index contributed by atoms with van der Waals surface area (Å²) in [5.74, 6) is -3.93. The van der Waals surface area contributed by atoms with E-state index in [1.165, 1.54) is 0 Å². The molecular formula is C30H36ClNO9. The molecule has 11 heteroatoms. The number of hydrogen-bond acceptors (Lipinski definition) is 10. The summed E-state index contributed by atoms with van der Waals surface area (Å²) in [5, 5.41) is 14.4. The maximum absolute atomic E-state index is 13.3. The van der Waals surface area contributed by atoms with E-state index in [0.29, 0.717) is 31.2 Å². The van der Waals surface area contributed by atoms with Crippen LogP contribution in [0.1, 0.15) is 49.8 Å². The molecule has 3 heterocycles. The molecule has 3 aliphatic heterocycles. The highest BCUT2D eigenvalue weighted by atomic mass is 35.5. The quantitative estimate of drug-likeness (QED) is 0.281. The average Bonchev–Trinajstić information content (AvgIpc) is 3.75. The first kappa shape index (κ1) is 29.6. The van der Waals surface area contributed by atoms with Gasteiger partial charge >= 0.3 is 17.7 Å². The summed E-state index contributed by atoms with van der Waals surface area (Å²) in [6.07, 6.45) is 2.68. The van der Waals surface area contributed by atoms with Crippen LogP contribution in [-0.2, 0) is 35.0 Å². The maximum Gasteiger partial charge on any atom is 0.453 e. The number of carbonyl (C=O) groups excluding carboxylic acids is 2. The van der Waals surface area contributed by atoms with Crippen LogP contribution < -0.4 is 14.8 Å². The van der Waals surface area contributed by atoms with Crippen molar-refractivity contribution in [1.82, 2.24) is 5.32 Å². The van der Waals surface area contributed by atoms with E-state index in [1.807, 2.05) is 19.1 Å². The summed E-state index contributed by atoms with van der Waals surface area (Å²) in [6.45, 7) is 3.50. The van der Waals surface area contributed by atoms with E-state index in [4.69, 9.17) is 40.0 Å². The van der Waals surface area contributed by atoms with Crippen molar-refractivity contribution in [1.29, 1.82) is 0 Å². The predicted molar refractivity (Wildman–Crippen MR) is 148 cm³/mol. The number of aliphatic hydroxyl groups excluding tert-OH is 1. The third-order valence-electron chi connectivity index (χ3n) is 7.34. The summed E-state index contributed by atoms with van der Waals surface area (Å²) < 4.78 is 33.7. The molecule has 3 aliphatic rings. The van der Waals surface area contributed by atoms with Crippen LogP contribution >= 0.6 is 11.6 Å². The lowest BCUT2D eigenvalue weighted by Gasteiger charge is -2.24. The zero-order valence-corrected chi connectivity index (χ0v) is 23.8. The molecule has 10 nitrogen and oxygen atoms in total. The van der Waals surface area contributed by atoms with Crippen molar-refractivity contribution in [2.24, 2.45) is 0 Å². The van der Waals surface area contributed by atoms with Gasteiger partial charge in [0, 0.05) is 30.8 Å². The molecule has 222 valence electrons. The second kappa shape index (κ2) is 13.4. The first-order valence-electron chi connectivity index (χ1n) is 14.1. The Hall–Kier alpha value is -2.89. The largest absolute Gasteiger partial charge is 0.457 e. The smallest absolute Gasteiger partial charge is 0.453 e. The zero-order chi connectivity index (χ0) is 28.8. The minimum Gasteiger partial charge on any atom is -0.457 e. The summed E-state index contributed by atoms with van der Waals surface area (Å²) >= 11 is 6.04. The van der Waals surface area contributed by atoms with Crippen molar-refractivity contribution < 1.29 is 43.1 Å². The number of esters is 2.